The molecule has 0 heterocycles. The summed E-state index contributed by atoms with van der Waals surface area (Å²) >= 11 is 5.60. The fourth-order valence-electron chi connectivity index (χ4n) is 1.48. The number of nitro benzene ring substituents is 1. The third-order valence-corrected chi connectivity index (χ3v) is 2.69. The maximum Gasteiger partial charge on any atom is 0.270 e. The maximum absolute atomic E-state index is 13.5. The third kappa shape index (κ3) is 3.10. The van der Waals surface area contributed by atoms with E-state index in [0.717, 1.165) is 30.5 Å². The van der Waals surface area contributed by atoms with Crippen molar-refractivity contribution in [1.82, 2.24) is 0 Å². The van der Waals surface area contributed by atoms with E-state index in [4.69, 9.17) is 11.6 Å². The first-order valence-electron chi connectivity index (χ1n) is 5.42. The van der Waals surface area contributed by atoms with Crippen LogP contribution in [0.2, 0.25) is 5.02 Å². The lowest BCUT2D eigenvalue weighted by Gasteiger charge is -2.08. The number of nitrogens with zero attached hydrogens (tertiary/aromatic N) is 2. The minimum absolute atomic E-state index is 0.00792. The Bertz CT molecular complexity index is 704. The molecule has 0 spiro atoms. The molecule has 0 aromatic heterocycles. The molecule has 0 aliphatic heterocycles. The van der Waals surface area contributed by atoms with Crippen LogP contribution in [0.3, 0.4) is 0 Å². The van der Waals surface area contributed by atoms with Crippen molar-refractivity contribution in [2.24, 2.45) is 4.99 Å². The zero-order valence-corrected chi connectivity index (χ0v) is 10.7. The van der Waals surface area contributed by atoms with Gasteiger partial charge >= 0.3 is 0 Å². The summed E-state index contributed by atoms with van der Waals surface area (Å²) in [6.07, 6.45) is 1.08. The van der Waals surface area contributed by atoms with Gasteiger partial charge in [0.05, 0.1) is 10.6 Å². The van der Waals surface area contributed by atoms with Crippen molar-refractivity contribution in [2.45, 2.75) is 0 Å². The maximum atomic E-state index is 13.5. The molecule has 0 aliphatic carbocycles. The molecule has 5 nitrogen and oxygen atoms in total. The summed E-state index contributed by atoms with van der Waals surface area (Å²) in [7, 11) is 0. The summed E-state index contributed by atoms with van der Waals surface area (Å²) in [5.74, 6) is -1.08. The van der Waals surface area contributed by atoms with E-state index in [0.29, 0.717) is 0 Å². The normalized spacial score (nSPS) is 10.9. The molecular weight excluding hydrogens is 287 g/mol. The van der Waals surface area contributed by atoms with Crippen molar-refractivity contribution in [3.63, 3.8) is 0 Å². The minimum Gasteiger partial charge on any atom is -0.872 e. The van der Waals surface area contributed by atoms with Crippen LogP contribution >= 0.6 is 11.6 Å². The zero-order chi connectivity index (χ0) is 14.7. The summed E-state index contributed by atoms with van der Waals surface area (Å²) in [6, 6.07) is 7.12. The molecule has 0 amide bonds. The summed E-state index contributed by atoms with van der Waals surface area (Å²) in [4.78, 5) is 13.8. The summed E-state index contributed by atoms with van der Waals surface area (Å²) in [6.45, 7) is 0. The van der Waals surface area contributed by atoms with Crippen LogP contribution in [-0.4, -0.2) is 11.1 Å². The molecule has 0 atom stereocenters. The predicted molar refractivity (Wildman–Crippen MR) is 71.2 cm³/mol. The fraction of sp³-hybridized carbons (Fsp3) is 0. The number of halogens is 2. The van der Waals surface area contributed by atoms with Gasteiger partial charge in [0.25, 0.3) is 5.69 Å². The summed E-state index contributed by atoms with van der Waals surface area (Å²) in [5, 5.41) is 22.4. The van der Waals surface area contributed by atoms with Gasteiger partial charge in [-0.2, -0.15) is 0 Å². The van der Waals surface area contributed by atoms with E-state index in [1.165, 1.54) is 12.1 Å². The van der Waals surface area contributed by atoms with Crippen LogP contribution in [0.25, 0.3) is 0 Å². The molecule has 20 heavy (non-hydrogen) atoms. The van der Waals surface area contributed by atoms with Crippen LogP contribution in [0.15, 0.2) is 41.4 Å². The Morgan fingerprint density at radius 2 is 2.00 bits per heavy atom. The summed E-state index contributed by atoms with van der Waals surface area (Å²) < 4.78 is 13.5. The first-order valence-corrected chi connectivity index (χ1v) is 5.80. The number of rotatable bonds is 3. The highest BCUT2D eigenvalue weighted by atomic mass is 35.5. The van der Waals surface area contributed by atoms with Crippen LogP contribution in [0.1, 0.15) is 5.56 Å². The SMILES string of the molecule is O=[N+]([O-])c1ccc([O-])c(C=Nc2ccc(Cl)cc2F)c1. The molecule has 7 heteroatoms. The lowest BCUT2D eigenvalue weighted by Crippen LogP contribution is -1.98. The van der Waals surface area contributed by atoms with Gasteiger partial charge in [-0.15, -0.1) is 0 Å². The number of benzene rings is 2. The van der Waals surface area contributed by atoms with E-state index in [-0.39, 0.29) is 22.0 Å². The van der Waals surface area contributed by atoms with Gasteiger partial charge in [-0.1, -0.05) is 23.4 Å². The van der Waals surface area contributed by atoms with Gasteiger partial charge in [-0.25, -0.2) is 4.39 Å². The van der Waals surface area contributed by atoms with Gasteiger partial charge in [0.1, 0.15) is 5.82 Å². The van der Waals surface area contributed by atoms with Crippen LogP contribution < -0.4 is 5.11 Å². The Morgan fingerprint density at radius 3 is 2.65 bits per heavy atom. The van der Waals surface area contributed by atoms with Crippen molar-refractivity contribution in [2.75, 3.05) is 0 Å². The second-order valence-electron chi connectivity index (χ2n) is 3.83. The monoisotopic (exact) mass is 293 g/mol. The van der Waals surface area contributed by atoms with E-state index in [9.17, 15) is 19.6 Å². The van der Waals surface area contributed by atoms with E-state index >= 15 is 0 Å². The molecule has 0 N–H and O–H groups in total. The highest BCUT2D eigenvalue weighted by molar-refractivity contribution is 6.30. The molecular formula is C13H7ClFN2O3-. The van der Waals surface area contributed by atoms with Gasteiger partial charge < -0.3 is 5.11 Å². The Balaban J connectivity index is 2.35. The van der Waals surface area contributed by atoms with E-state index in [1.807, 2.05) is 0 Å². The lowest BCUT2D eigenvalue weighted by atomic mass is 10.2. The smallest absolute Gasteiger partial charge is 0.270 e. The number of aliphatic imine (C=N–C) groups is 1. The molecule has 0 unspecified atom stereocenters. The van der Waals surface area contributed by atoms with E-state index in [2.05, 4.69) is 4.99 Å². The average Bonchev–Trinajstić information content (AvgIpc) is 2.39. The highest BCUT2D eigenvalue weighted by Gasteiger charge is 2.06. The largest absolute Gasteiger partial charge is 0.872 e. The van der Waals surface area contributed by atoms with E-state index in [1.54, 1.807) is 0 Å². The van der Waals surface area contributed by atoms with Crippen LogP contribution in [-0.2, 0) is 0 Å². The van der Waals surface area contributed by atoms with Crippen LogP contribution in [0.5, 0.6) is 5.75 Å². The second-order valence-corrected chi connectivity index (χ2v) is 4.27. The molecule has 0 bridgehead atoms. The molecule has 2 rings (SSSR count). The zero-order valence-electron chi connectivity index (χ0n) is 9.92. The quantitative estimate of drug-likeness (QED) is 0.495. The number of hydrogen-bond donors (Lipinski definition) is 0. The van der Waals surface area contributed by atoms with E-state index < -0.39 is 16.5 Å². The second kappa shape index (κ2) is 5.66. The van der Waals surface area contributed by atoms with Crippen molar-refractivity contribution in [3.05, 3.63) is 62.9 Å². The number of non-ortho nitro benzene ring substituents is 1. The minimum atomic E-state index is -0.647. The van der Waals surface area contributed by atoms with Gasteiger partial charge in [0, 0.05) is 23.4 Å². The third-order valence-electron chi connectivity index (χ3n) is 2.46. The van der Waals surface area contributed by atoms with Gasteiger partial charge in [-0.05, 0) is 23.8 Å². The Kier molecular flexibility index (Phi) is 3.95. The Labute approximate surface area is 118 Å². The first kappa shape index (κ1) is 14.0. The Morgan fingerprint density at radius 1 is 1.25 bits per heavy atom. The average molecular weight is 294 g/mol. The number of nitro groups is 1. The van der Waals surface area contributed by atoms with Crippen LogP contribution in [0.4, 0.5) is 15.8 Å². The van der Waals surface area contributed by atoms with Gasteiger partial charge in [0.15, 0.2) is 0 Å². The van der Waals surface area contributed by atoms with Crippen molar-refractivity contribution >= 4 is 29.2 Å². The molecule has 2 aromatic carbocycles. The first-order chi connectivity index (χ1) is 9.47. The molecule has 0 fully saturated rings. The molecule has 102 valence electrons. The number of hydrogen-bond acceptors (Lipinski definition) is 4. The van der Waals surface area contributed by atoms with Crippen molar-refractivity contribution < 1.29 is 14.4 Å². The lowest BCUT2D eigenvalue weighted by molar-refractivity contribution is -0.385. The summed E-state index contributed by atoms with van der Waals surface area (Å²) in [5.41, 5.74) is -0.239. The molecule has 0 radical (unpaired) electrons. The highest BCUT2D eigenvalue weighted by Crippen LogP contribution is 2.23. The molecule has 0 saturated carbocycles. The Hall–Kier alpha value is -2.47. The molecule has 0 aliphatic rings. The topological polar surface area (TPSA) is 78.6 Å². The van der Waals surface area contributed by atoms with Gasteiger partial charge in [0.2, 0.25) is 0 Å². The standard InChI is InChI=1S/C13H8ClFN2O3/c14-9-1-3-12(11(15)6-9)16-7-8-5-10(17(19)20)2-4-13(8)18/h1-7,18H/p-1. The predicted octanol–water partition coefficient (Wildman–Crippen LogP) is 3.21. The van der Waals surface area contributed by atoms with Crippen LogP contribution in [0, 0.1) is 15.9 Å². The fourth-order valence-corrected chi connectivity index (χ4v) is 1.63. The molecule has 0 saturated heterocycles. The molecule has 2 aromatic rings. The van der Waals surface area contributed by atoms with Gasteiger partial charge in [-0.3, -0.25) is 15.1 Å². The van der Waals surface area contributed by atoms with Crippen molar-refractivity contribution in [1.29, 1.82) is 0 Å². The van der Waals surface area contributed by atoms with Crippen molar-refractivity contribution in [3.8, 4) is 5.75 Å².